The first-order chi connectivity index (χ1) is 8.20. The summed E-state index contributed by atoms with van der Waals surface area (Å²) in [6, 6.07) is 8.07. The van der Waals surface area contributed by atoms with Gasteiger partial charge in [-0.3, -0.25) is 5.10 Å². The zero-order valence-corrected chi connectivity index (χ0v) is 10.8. The molecular weight excluding hydrogens is 234 g/mol. The summed E-state index contributed by atoms with van der Waals surface area (Å²) in [5.41, 5.74) is 1.26. The third kappa shape index (κ3) is 2.74. The average molecular weight is 249 g/mol. The van der Waals surface area contributed by atoms with Gasteiger partial charge < -0.3 is 9.30 Å². The maximum Gasteiger partial charge on any atom is 0.195 e. The number of methoxy groups -OCH3 is 1. The van der Waals surface area contributed by atoms with Gasteiger partial charge in [-0.05, 0) is 43.3 Å². The topological polar surface area (TPSA) is 42.8 Å². The van der Waals surface area contributed by atoms with Gasteiger partial charge in [0.25, 0.3) is 0 Å². The Bertz CT molecular complexity index is 542. The van der Waals surface area contributed by atoms with Crippen molar-refractivity contribution in [3.8, 4) is 5.75 Å². The lowest BCUT2D eigenvalue weighted by molar-refractivity contribution is 0.414. The molecule has 2 aromatic rings. The molecule has 0 bridgehead atoms. The van der Waals surface area contributed by atoms with Gasteiger partial charge in [0.05, 0.1) is 7.11 Å². The van der Waals surface area contributed by atoms with E-state index >= 15 is 0 Å². The van der Waals surface area contributed by atoms with Crippen molar-refractivity contribution in [2.24, 2.45) is 0 Å². The van der Waals surface area contributed by atoms with Gasteiger partial charge in [0, 0.05) is 6.54 Å². The van der Waals surface area contributed by atoms with Crippen LogP contribution in [0.15, 0.2) is 24.3 Å². The molecule has 0 unspecified atom stereocenters. The first-order valence-electron chi connectivity index (χ1n) is 5.45. The number of H-pyrrole nitrogens is 1. The second kappa shape index (κ2) is 5.14. The maximum absolute atomic E-state index is 5.15. The summed E-state index contributed by atoms with van der Waals surface area (Å²) in [5.74, 6) is 1.80. The van der Waals surface area contributed by atoms with Crippen molar-refractivity contribution in [2.75, 3.05) is 7.11 Å². The van der Waals surface area contributed by atoms with Crippen LogP contribution >= 0.6 is 12.2 Å². The summed E-state index contributed by atoms with van der Waals surface area (Å²) >= 11 is 5.15. The molecule has 1 aromatic heterocycles. The molecule has 0 aliphatic rings. The number of hydrogen-bond acceptors (Lipinski definition) is 3. The fourth-order valence-electron chi connectivity index (χ4n) is 1.69. The lowest BCUT2D eigenvalue weighted by atomic mass is 10.1. The highest BCUT2D eigenvalue weighted by Crippen LogP contribution is 2.12. The molecule has 0 atom stereocenters. The first-order valence-corrected chi connectivity index (χ1v) is 5.86. The molecular formula is C12H15N3OS. The highest BCUT2D eigenvalue weighted by atomic mass is 32.1. The third-order valence-electron chi connectivity index (χ3n) is 2.73. The van der Waals surface area contributed by atoms with Crippen molar-refractivity contribution >= 4 is 12.2 Å². The van der Waals surface area contributed by atoms with E-state index in [0.717, 1.165) is 24.5 Å². The van der Waals surface area contributed by atoms with Crippen molar-refractivity contribution < 1.29 is 4.74 Å². The molecule has 1 heterocycles. The second-order valence-electron chi connectivity index (χ2n) is 3.83. The fraction of sp³-hybridized carbons (Fsp3) is 0.333. The second-order valence-corrected chi connectivity index (χ2v) is 4.21. The van der Waals surface area contributed by atoms with Crippen LogP contribution in [0.5, 0.6) is 5.75 Å². The van der Waals surface area contributed by atoms with E-state index in [4.69, 9.17) is 17.0 Å². The van der Waals surface area contributed by atoms with Gasteiger partial charge >= 0.3 is 0 Å². The number of aromatic nitrogens is 3. The standard InChI is InChI=1S/C12H15N3OS/c1-9-13-14-12(17)15(9)8-7-10-3-5-11(16-2)6-4-10/h3-6H,7-8H2,1-2H3,(H,14,17). The van der Waals surface area contributed by atoms with E-state index in [2.05, 4.69) is 22.3 Å². The number of ether oxygens (including phenoxy) is 1. The molecule has 90 valence electrons. The maximum atomic E-state index is 5.15. The number of nitrogens with zero attached hydrogens (tertiary/aromatic N) is 2. The summed E-state index contributed by atoms with van der Waals surface area (Å²) in [6.45, 7) is 2.79. The van der Waals surface area contributed by atoms with Crippen LogP contribution in [0.2, 0.25) is 0 Å². The van der Waals surface area contributed by atoms with Gasteiger partial charge in [-0.1, -0.05) is 12.1 Å². The zero-order valence-electron chi connectivity index (χ0n) is 9.93. The van der Waals surface area contributed by atoms with E-state index in [9.17, 15) is 0 Å². The lowest BCUT2D eigenvalue weighted by Gasteiger charge is -2.05. The SMILES string of the molecule is COc1ccc(CCn2c(C)n[nH]c2=S)cc1. The molecule has 0 saturated carbocycles. The minimum atomic E-state index is 0.677. The van der Waals surface area contributed by atoms with Crippen LogP contribution < -0.4 is 4.74 Å². The number of aromatic amines is 1. The minimum absolute atomic E-state index is 0.677. The Kier molecular flexibility index (Phi) is 3.58. The molecule has 0 aliphatic carbocycles. The van der Waals surface area contributed by atoms with Crippen LogP contribution in [0.4, 0.5) is 0 Å². The summed E-state index contributed by atoms with van der Waals surface area (Å²) < 4.78 is 7.80. The number of nitrogens with one attached hydrogen (secondary N) is 1. The van der Waals surface area contributed by atoms with Gasteiger partial charge in [-0.2, -0.15) is 5.10 Å². The summed E-state index contributed by atoms with van der Waals surface area (Å²) in [7, 11) is 1.67. The quantitative estimate of drug-likeness (QED) is 0.847. The van der Waals surface area contributed by atoms with Crippen molar-refractivity contribution in [3.63, 3.8) is 0 Å². The molecule has 1 N–H and O–H groups in total. The monoisotopic (exact) mass is 249 g/mol. The van der Waals surface area contributed by atoms with Gasteiger partial charge in [-0.25, -0.2) is 0 Å². The van der Waals surface area contributed by atoms with Crippen molar-refractivity contribution in [2.45, 2.75) is 19.9 Å². The van der Waals surface area contributed by atoms with Crippen molar-refractivity contribution in [1.82, 2.24) is 14.8 Å². The Morgan fingerprint density at radius 2 is 2.06 bits per heavy atom. The predicted molar refractivity (Wildman–Crippen MR) is 68.8 cm³/mol. The van der Waals surface area contributed by atoms with Crippen LogP contribution in [0.3, 0.4) is 0 Å². The molecule has 0 radical (unpaired) electrons. The average Bonchev–Trinajstić information content (AvgIpc) is 2.67. The summed E-state index contributed by atoms with van der Waals surface area (Å²) in [5, 5.41) is 6.87. The molecule has 17 heavy (non-hydrogen) atoms. The fourth-order valence-corrected chi connectivity index (χ4v) is 1.96. The number of aryl methyl sites for hydroxylation is 2. The van der Waals surface area contributed by atoms with Crippen LogP contribution in [-0.4, -0.2) is 21.9 Å². The molecule has 5 heteroatoms. The predicted octanol–water partition coefficient (Wildman–Crippen LogP) is 2.50. The first kappa shape index (κ1) is 11.9. The molecule has 4 nitrogen and oxygen atoms in total. The van der Waals surface area contributed by atoms with E-state index in [1.165, 1.54) is 5.56 Å². The smallest absolute Gasteiger partial charge is 0.195 e. The number of benzene rings is 1. The summed E-state index contributed by atoms with van der Waals surface area (Å²) in [6.07, 6.45) is 0.929. The lowest BCUT2D eigenvalue weighted by Crippen LogP contribution is -2.03. The van der Waals surface area contributed by atoms with Crippen LogP contribution in [0.25, 0.3) is 0 Å². The third-order valence-corrected chi connectivity index (χ3v) is 3.04. The van der Waals surface area contributed by atoms with Gasteiger partial charge in [0.1, 0.15) is 11.6 Å². The van der Waals surface area contributed by atoms with Crippen molar-refractivity contribution in [3.05, 3.63) is 40.4 Å². The molecule has 2 rings (SSSR count). The van der Waals surface area contributed by atoms with E-state index in [1.807, 2.05) is 23.6 Å². The van der Waals surface area contributed by atoms with Crippen LogP contribution in [-0.2, 0) is 13.0 Å². The zero-order chi connectivity index (χ0) is 12.3. The largest absolute Gasteiger partial charge is 0.497 e. The Labute approximate surface area is 105 Å². The highest BCUT2D eigenvalue weighted by Gasteiger charge is 2.01. The molecule has 0 aliphatic heterocycles. The molecule has 0 saturated heterocycles. The van der Waals surface area contributed by atoms with Gasteiger partial charge in [-0.15, -0.1) is 0 Å². The number of rotatable bonds is 4. The summed E-state index contributed by atoms with van der Waals surface area (Å²) in [4.78, 5) is 0. The van der Waals surface area contributed by atoms with E-state index in [-0.39, 0.29) is 0 Å². The molecule has 1 aromatic carbocycles. The van der Waals surface area contributed by atoms with Gasteiger partial charge in [0.15, 0.2) is 4.77 Å². The number of hydrogen-bond donors (Lipinski definition) is 1. The molecule has 0 fully saturated rings. The normalized spacial score (nSPS) is 10.5. The molecule has 0 spiro atoms. The van der Waals surface area contributed by atoms with E-state index in [1.54, 1.807) is 7.11 Å². The van der Waals surface area contributed by atoms with E-state index < -0.39 is 0 Å². The Balaban J connectivity index is 2.05. The highest BCUT2D eigenvalue weighted by molar-refractivity contribution is 7.71. The minimum Gasteiger partial charge on any atom is -0.497 e. The van der Waals surface area contributed by atoms with Crippen LogP contribution in [0, 0.1) is 11.7 Å². The van der Waals surface area contributed by atoms with Crippen molar-refractivity contribution in [1.29, 1.82) is 0 Å². The molecule has 0 amide bonds. The Morgan fingerprint density at radius 1 is 1.35 bits per heavy atom. The van der Waals surface area contributed by atoms with Crippen LogP contribution in [0.1, 0.15) is 11.4 Å². The Hall–Kier alpha value is -1.62. The van der Waals surface area contributed by atoms with E-state index in [0.29, 0.717) is 4.77 Å². The van der Waals surface area contributed by atoms with Gasteiger partial charge in [0.2, 0.25) is 0 Å². The Morgan fingerprint density at radius 3 is 2.59 bits per heavy atom.